The molecule has 0 bridgehead atoms. The summed E-state index contributed by atoms with van der Waals surface area (Å²) in [5, 5.41) is 3.66. The number of carbonyl (C=O) groups is 1. The van der Waals surface area contributed by atoms with E-state index in [1.165, 1.54) is 11.8 Å². The number of nitrogen functional groups attached to an aromatic ring is 1. The minimum Gasteiger partial charge on any atom is -0.398 e. The van der Waals surface area contributed by atoms with Gasteiger partial charge in [-0.05, 0) is 25.1 Å². The van der Waals surface area contributed by atoms with Crippen molar-refractivity contribution in [3.05, 3.63) is 23.2 Å². The minimum absolute atomic E-state index is 0.113. The fourth-order valence-electron chi connectivity index (χ4n) is 1.98. The summed E-state index contributed by atoms with van der Waals surface area (Å²) in [7, 11) is 0. The van der Waals surface area contributed by atoms with Gasteiger partial charge in [0, 0.05) is 31.1 Å². The van der Waals surface area contributed by atoms with Gasteiger partial charge in [0.2, 0.25) is 5.91 Å². The first-order valence-corrected chi connectivity index (χ1v) is 7.55. The maximum atomic E-state index is 12.3. The number of nitrogens with zero attached hydrogens (tertiary/aromatic N) is 1. The highest BCUT2D eigenvalue weighted by Crippen LogP contribution is 2.29. The maximum absolute atomic E-state index is 12.3. The van der Waals surface area contributed by atoms with E-state index in [1.54, 1.807) is 6.07 Å². The van der Waals surface area contributed by atoms with Gasteiger partial charge in [0.1, 0.15) is 0 Å². The van der Waals surface area contributed by atoms with E-state index in [0.29, 0.717) is 10.7 Å². The van der Waals surface area contributed by atoms with E-state index in [4.69, 9.17) is 17.3 Å². The van der Waals surface area contributed by atoms with E-state index >= 15 is 0 Å². The van der Waals surface area contributed by atoms with Crippen LogP contribution in [0.15, 0.2) is 23.1 Å². The molecule has 1 unspecified atom stereocenters. The molecule has 1 fully saturated rings. The molecule has 1 aromatic rings. The van der Waals surface area contributed by atoms with Crippen LogP contribution in [0.2, 0.25) is 5.02 Å². The van der Waals surface area contributed by atoms with E-state index in [1.807, 2.05) is 24.0 Å². The Hall–Kier alpha value is -0.910. The van der Waals surface area contributed by atoms with Crippen molar-refractivity contribution in [1.29, 1.82) is 0 Å². The van der Waals surface area contributed by atoms with Crippen LogP contribution in [0.25, 0.3) is 0 Å². The van der Waals surface area contributed by atoms with Gasteiger partial charge in [0.25, 0.3) is 0 Å². The van der Waals surface area contributed by atoms with Crippen LogP contribution in [0.4, 0.5) is 5.69 Å². The summed E-state index contributed by atoms with van der Waals surface area (Å²) in [6.07, 6.45) is 0. The first kappa shape index (κ1) is 14.5. The first-order valence-electron chi connectivity index (χ1n) is 6.29. The number of nitrogens with two attached hydrogens (primary N) is 1. The van der Waals surface area contributed by atoms with Gasteiger partial charge in [-0.3, -0.25) is 4.79 Å². The first-order chi connectivity index (χ1) is 9.08. The highest BCUT2D eigenvalue weighted by atomic mass is 35.5. The molecule has 0 radical (unpaired) electrons. The third kappa shape index (κ3) is 3.78. The van der Waals surface area contributed by atoms with Crippen molar-refractivity contribution < 1.29 is 4.79 Å². The summed E-state index contributed by atoms with van der Waals surface area (Å²) < 4.78 is 0. The lowest BCUT2D eigenvalue weighted by molar-refractivity contribution is -0.130. The largest absolute Gasteiger partial charge is 0.398 e. The second-order valence-electron chi connectivity index (χ2n) is 4.52. The maximum Gasteiger partial charge on any atom is 0.235 e. The van der Waals surface area contributed by atoms with Gasteiger partial charge in [0.15, 0.2) is 0 Å². The number of amides is 1. The molecule has 0 spiro atoms. The molecule has 1 amide bonds. The number of hydrogen-bond donors (Lipinski definition) is 2. The van der Waals surface area contributed by atoms with Crippen molar-refractivity contribution in [3.63, 3.8) is 0 Å². The Labute approximate surface area is 122 Å². The number of anilines is 1. The monoisotopic (exact) mass is 299 g/mol. The predicted octanol–water partition coefficient (Wildman–Crippen LogP) is 1.83. The molecule has 0 aliphatic carbocycles. The lowest BCUT2D eigenvalue weighted by atomic mass is 10.3. The fraction of sp³-hybridized carbons (Fsp3) is 0.462. The molecule has 1 atom stereocenters. The smallest absolute Gasteiger partial charge is 0.235 e. The lowest BCUT2D eigenvalue weighted by Gasteiger charge is -2.29. The quantitative estimate of drug-likeness (QED) is 0.660. The van der Waals surface area contributed by atoms with Crippen LogP contribution in [-0.4, -0.2) is 42.2 Å². The lowest BCUT2D eigenvalue weighted by Crippen LogP contribution is -2.48. The minimum atomic E-state index is -0.113. The normalized spacial score (nSPS) is 17.3. The van der Waals surface area contributed by atoms with Crippen molar-refractivity contribution >= 4 is 35.0 Å². The summed E-state index contributed by atoms with van der Waals surface area (Å²) in [5.41, 5.74) is 6.24. The number of hydrogen-bond acceptors (Lipinski definition) is 4. The van der Waals surface area contributed by atoms with Crippen molar-refractivity contribution in [2.75, 3.05) is 31.9 Å². The molecule has 6 heteroatoms. The van der Waals surface area contributed by atoms with Crippen molar-refractivity contribution in [2.24, 2.45) is 0 Å². The van der Waals surface area contributed by atoms with Crippen LogP contribution >= 0.6 is 23.4 Å². The number of rotatable bonds is 3. The molecule has 1 heterocycles. The van der Waals surface area contributed by atoms with Gasteiger partial charge < -0.3 is 16.0 Å². The Morgan fingerprint density at radius 1 is 1.47 bits per heavy atom. The Morgan fingerprint density at radius 2 is 2.16 bits per heavy atom. The molecular formula is C13H18ClN3OS. The summed E-state index contributed by atoms with van der Waals surface area (Å²) in [6.45, 7) is 5.24. The number of thioether (sulfide) groups is 1. The van der Waals surface area contributed by atoms with E-state index in [0.717, 1.165) is 31.1 Å². The molecular weight excluding hydrogens is 282 g/mol. The molecule has 4 nitrogen and oxygen atoms in total. The van der Waals surface area contributed by atoms with Gasteiger partial charge >= 0.3 is 0 Å². The zero-order valence-corrected chi connectivity index (χ0v) is 12.4. The number of halogens is 1. The van der Waals surface area contributed by atoms with Crippen molar-refractivity contribution in [3.8, 4) is 0 Å². The van der Waals surface area contributed by atoms with E-state index < -0.39 is 0 Å². The third-order valence-electron chi connectivity index (χ3n) is 3.06. The molecule has 0 aromatic heterocycles. The standard InChI is InChI=1S/C13H18ClN3OS/c1-9(13(18)17-6-4-16-5-7-17)19-10-2-3-12(15)11(14)8-10/h2-3,8-9,16H,4-7,15H2,1H3. The Kier molecular flexibility index (Phi) is 4.96. The zero-order chi connectivity index (χ0) is 13.8. The van der Waals surface area contributed by atoms with E-state index in [9.17, 15) is 4.79 Å². The van der Waals surface area contributed by atoms with Crippen molar-refractivity contribution in [2.45, 2.75) is 17.1 Å². The molecule has 1 aliphatic heterocycles. The third-order valence-corrected chi connectivity index (χ3v) is 4.47. The fourth-order valence-corrected chi connectivity index (χ4v) is 3.21. The van der Waals surface area contributed by atoms with E-state index in [2.05, 4.69) is 5.32 Å². The van der Waals surface area contributed by atoms with Crippen LogP contribution in [0.1, 0.15) is 6.92 Å². The van der Waals surface area contributed by atoms with Gasteiger partial charge in [-0.15, -0.1) is 11.8 Å². The number of carbonyl (C=O) groups excluding carboxylic acids is 1. The van der Waals surface area contributed by atoms with Crippen molar-refractivity contribution in [1.82, 2.24) is 10.2 Å². The summed E-state index contributed by atoms with van der Waals surface area (Å²) in [5.74, 6) is 0.180. The molecule has 1 aliphatic rings. The second kappa shape index (κ2) is 6.50. The highest BCUT2D eigenvalue weighted by Gasteiger charge is 2.22. The summed E-state index contributed by atoms with van der Waals surface area (Å²) in [4.78, 5) is 15.2. The van der Waals surface area contributed by atoms with Crippen LogP contribution < -0.4 is 11.1 Å². The average molecular weight is 300 g/mol. The number of nitrogens with one attached hydrogen (secondary N) is 1. The van der Waals surface area contributed by atoms with E-state index in [-0.39, 0.29) is 11.2 Å². The molecule has 2 rings (SSSR count). The number of piperazine rings is 1. The molecule has 104 valence electrons. The molecule has 1 saturated heterocycles. The molecule has 1 aromatic carbocycles. The van der Waals surface area contributed by atoms with Gasteiger partial charge in [-0.25, -0.2) is 0 Å². The average Bonchev–Trinajstić information content (AvgIpc) is 2.43. The van der Waals surface area contributed by atoms with Gasteiger partial charge in [-0.1, -0.05) is 11.6 Å². The van der Waals surface area contributed by atoms with Crippen LogP contribution in [0.3, 0.4) is 0 Å². The molecule has 19 heavy (non-hydrogen) atoms. The molecule has 3 N–H and O–H groups in total. The topological polar surface area (TPSA) is 58.4 Å². The van der Waals surface area contributed by atoms with Gasteiger partial charge in [-0.2, -0.15) is 0 Å². The zero-order valence-electron chi connectivity index (χ0n) is 10.9. The second-order valence-corrected chi connectivity index (χ2v) is 6.34. The van der Waals surface area contributed by atoms with Crippen LogP contribution in [0, 0.1) is 0 Å². The van der Waals surface area contributed by atoms with Crippen LogP contribution in [-0.2, 0) is 4.79 Å². The molecule has 0 saturated carbocycles. The predicted molar refractivity (Wildman–Crippen MR) is 80.6 cm³/mol. The van der Waals surface area contributed by atoms with Crippen LogP contribution in [0.5, 0.6) is 0 Å². The summed E-state index contributed by atoms with van der Waals surface area (Å²) in [6, 6.07) is 5.48. The number of benzene rings is 1. The Morgan fingerprint density at radius 3 is 2.79 bits per heavy atom. The SMILES string of the molecule is CC(Sc1ccc(N)c(Cl)c1)C(=O)N1CCNCC1. The Balaban J connectivity index is 1.97. The Bertz CT molecular complexity index is 463. The highest BCUT2D eigenvalue weighted by molar-refractivity contribution is 8.00. The van der Waals surface area contributed by atoms with Gasteiger partial charge in [0.05, 0.1) is 16.0 Å². The summed E-state index contributed by atoms with van der Waals surface area (Å²) >= 11 is 7.50.